The lowest BCUT2D eigenvalue weighted by Crippen LogP contribution is -2.41. The summed E-state index contributed by atoms with van der Waals surface area (Å²) in [5.41, 5.74) is 1.44. The van der Waals surface area contributed by atoms with Crippen molar-refractivity contribution in [1.82, 2.24) is 4.90 Å². The Morgan fingerprint density at radius 2 is 2.05 bits per heavy atom. The summed E-state index contributed by atoms with van der Waals surface area (Å²) in [5, 5.41) is 11.9. The molecule has 20 heavy (non-hydrogen) atoms. The van der Waals surface area contributed by atoms with Crippen molar-refractivity contribution in [3.63, 3.8) is 0 Å². The Hall–Kier alpha value is -1.75. The Balaban J connectivity index is 2.84. The predicted octanol–water partition coefficient (Wildman–Crippen LogP) is 3.22. The molecule has 0 aliphatic rings. The van der Waals surface area contributed by atoms with Crippen LogP contribution < -0.4 is 5.32 Å². The number of carboxylic acid groups (broad SMARTS) is 1. The maximum atomic E-state index is 12.1. The van der Waals surface area contributed by atoms with Crippen molar-refractivity contribution < 1.29 is 14.7 Å². The van der Waals surface area contributed by atoms with Gasteiger partial charge in [0.05, 0.1) is 10.7 Å². The highest BCUT2D eigenvalue weighted by Gasteiger charge is 2.18. The van der Waals surface area contributed by atoms with Crippen LogP contribution in [0, 0.1) is 12.8 Å². The summed E-state index contributed by atoms with van der Waals surface area (Å²) in [6.45, 7) is 5.74. The van der Waals surface area contributed by atoms with E-state index in [0.717, 1.165) is 5.56 Å². The van der Waals surface area contributed by atoms with E-state index in [4.69, 9.17) is 16.7 Å². The van der Waals surface area contributed by atoms with Crippen LogP contribution in [0.2, 0.25) is 5.02 Å². The second-order valence-corrected chi connectivity index (χ2v) is 5.49. The Morgan fingerprint density at radius 1 is 1.40 bits per heavy atom. The van der Waals surface area contributed by atoms with Gasteiger partial charge in [-0.3, -0.25) is 4.79 Å². The molecule has 0 spiro atoms. The SMILES string of the molecule is Cc1ccc(Cl)c(NC(=O)N(CC(=O)O)CC(C)C)c1. The molecule has 0 saturated carbocycles. The number of hydrogen-bond acceptors (Lipinski definition) is 2. The molecule has 0 aliphatic heterocycles. The number of rotatable bonds is 5. The number of anilines is 1. The number of aliphatic carboxylic acids is 1. The summed E-state index contributed by atoms with van der Waals surface area (Å²) in [6.07, 6.45) is 0. The number of benzene rings is 1. The molecule has 0 atom stereocenters. The standard InChI is InChI=1S/C14H19ClN2O3/c1-9(2)7-17(8-13(18)19)14(20)16-12-6-10(3)4-5-11(12)15/h4-6,9H,7-8H2,1-3H3,(H,16,20)(H,18,19). The van der Waals surface area contributed by atoms with Gasteiger partial charge in [0, 0.05) is 6.54 Å². The van der Waals surface area contributed by atoms with Crippen LogP contribution in [0.15, 0.2) is 18.2 Å². The Bertz CT molecular complexity index is 503. The molecule has 1 aromatic carbocycles. The number of halogens is 1. The second kappa shape index (κ2) is 7.14. The van der Waals surface area contributed by atoms with E-state index in [9.17, 15) is 9.59 Å². The molecule has 0 radical (unpaired) electrons. The predicted molar refractivity (Wildman–Crippen MR) is 79.3 cm³/mol. The molecule has 2 N–H and O–H groups in total. The molecule has 110 valence electrons. The van der Waals surface area contributed by atoms with Crippen molar-refractivity contribution in [2.24, 2.45) is 5.92 Å². The number of nitrogens with zero attached hydrogens (tertiary/aromatic N) is 1. The number of amides is 2. The van der Waals surface area contributed by atoms with E-state index >= 15 is 0 Å². The molecule has 0 heterocycles. The normalized spacial score (nSPS) is 10.4. The molecule has 0 aromatic heterocycles. The van der Waals surface area contributed by atoms with Crippen LogP contribution in [0.1, 0.15) is 19.4 Å². The molecular weight excluding hydrogens is 280 g/mol. The molecule has 6 heteroatoms. The molecule has 0 fully saturated rings. The van der Waals surface area contributed by atoms with E-state index in [2.05, 4.69) is 5.32 Å². The minimum absolute atomic E-state index is 0.174. The van der Waals surface area contributed by atoms with Gasteiger partial charge in [-0.25, -0.2) is 4.79 Å². The molecule has 1 aromatic rings. The number of nitrogens with one attached hydrogen (secondary N) is 1. The van der Waals surface area contributed by atoms with Crippen molar-refractivity contribution in [2.75, 3.05) is 18.4 Å². The van der Waals surface area contributed by atoms with E-state index in [0.29, 0.717) is 17.3 Å². The van der Waals surface area contributed by atoms with Gasteiger partial charge in [0.25, 0.3) is 0 Å². The van der Waals surface area contributed by atoms with Gasteiger partial charge in [-0.1, -0.05) is 31.5 Å². The molecule has 0 saturated heterocycles. The van der Waals surface area contributed by atoms with Crippen LogP contribution >= 0.6 is 11.6 Å². The third-order valence-electron chi connectivity index (χ3n) is 2.56. The second-order valence-electron chi connectivity index (χ2n) is 5.08. The Kier molecular flexibility index (Phi) is 5.82. The van der Waals surface area contributed by atoms with Crippen LogP contribution in [0.25, 0.3) is 0 Å². The lowest BCUT2D eigenvalue weighted by molar-refractivity contribution is -0.137. The summed E-state index contributed by atoms with van der Waals surface area (Å²) in [7, 11) is 0. The van der Waals surface area contributed by atoms with E-state index in [-0.39, 0.29) is 12.5 Å². The van der Waals surface area contributed by atoms with Gasteiger partial charge < -0.3 is 15.3 Å². The number of carbonyl (C=O) groups excluding carboxylic acids is 1. The molecule has 5 nitrogen and oxygen atoms in total. The molecular formula is C14H19ClN2O3. The van der Waals surface area contributed by atoms with Crippen LogP contribution in [-0.2, 0) is 4.79 Å². The first-order valence-electron chi connectivity index (χ1n) is 6.33. The molecule has 0 unspecified atom stereocenters. The van der Waals surface area contributed by atoms with Crippen molar-refractivity contribution in [3.05, 3.63) is 28.8 Å². The van der Waals surface area contributed by atoms with E-state index < -0.39 is 12.0 Å². The highest BCUT2D eigenvalue weighted by molar-refractivity contribution is 6.33. The zero-order valence-electron chi connectivity index (χ0n) is 11.8. The fourth-order valence-electron chi connectivity index (χ4n) is 1.75. The number of hydrogen-bond donors (Lipinski definition) is 2. The molecule has 0 aliphatic carbocycles. The van der Waals surface area contributed by atoms with Gasteiger partial charge in [0.1, 0.15) is 6.54 Å². The average Bonchev–Trinajstić information content (AvgIpc) is 2.31. The van der Waals surface area contributed by atoms with Gasteiger partial charge >= 0.3 is 12.0 Å². The third kappa shape index (κ3) is 5.09. The van der Waals surface area contributed by atoms with Crippen molar-refractivity contribution in [3.8, 4) is 0 Å². The molecule has 2 amide bonds. The van der Waals surface area contributed by atoms with Crippen molar-refractivity contribution in [2.45, 2.75) is 20.8 Å². The first-order chi connectivity index (χ1) is 9.29. The minimum atomic E-state index is -1.05. The smallest absolute Gasteiger partial charge is 0.323 e. The summed E-state index contributed by atoms with van der Waals surface area (Å²) in [5.74, 6) is -0.871. The highest BCUT2D eigenvalue weighted by atomic mass is 35.5. The summed E-state index contributed by atoms with van der Waals surface area (Å²) in [4.78, 5) is 24.2. The number of carbonyl (C=O) groups is 2. The Morgan fingerprint density at radius 3 is 2.60 bits per heavy atom. The van der Waals surface area contributed by atoms with Crippen molar-refractivity contribution in [1.29, 1.82) is 0 Å². The van der Waals surface area contributed by atoms with E-state index in [1.54, 1.807) is 12.1 Å². The topological polar surface area (TPSA) is 69.6 Å². The van der Waals surface area contributed by atoms with Crippen LogP contribution in [0.3, 0.4) is 0 Å². The molecule has 0 bridgehead atoms. The number of carboxylic acids is 1. The summed E-state index contributed by atoms with van der Waals surface area (Å²) in [6, 6.07) is 4.81. The number of urea groups is 1. The van der Waals surface area contributed by atoms with E-state index in [1.165, 1.54) is 4.90 Å². The van der Waals surface area contributed by atoms with Gasteiger partial charge in [0.2, 0.25) is 0 Å². The summed E-state index contributed by atoms with van der Waals surface area (Å²) < 4.78 is 0. The fraction of sp³-hybridized carbons (Fsp3) is 0.429. The zero-order valence-corrected chi connectivity index (χ0v) is 12.6. The Labute approximate surface area is 123 Å². The molecule has 1 rings (SSSR count). The van der Waals surface area contributed by atoms with Crippen LogP contribution in [0.5, 0.6) is 0 Å². The minimum Gasteiger partial charge on any atom is -0.480 e. The first-order valence-corrected chi connectivity index (χ1v) is 6.71. The maximum Gasteiger partial charge on any atom is 0.323 e. The monoisotopic (exact) mass is 298 g/mol. The van der Waals surface area contributed by atoms with Crippen LogP contribution in [-0.4, -0.2) is 35.1 Å². The fourth-order valence-corrected chi connectivity index (χ4v) is 1.92. The number of aryl methyl sites for hydroxylation is 1. The van der Waals surface area contributed by atoms with Crippen molar-refractivity contribution >= 4 is 29.3 Å². The zero-order chi connectivity index (χ0) is 15.3. The lowest BCUT2D eigenvalue weighted by atomic mass is 10.2. The van der Waals surface area contributed by atoms with E-state index in [1.807, 2.05) is 26.8 Å². The van der Waals surface area contributed by atoms with Gasteiger partial charge in [0.15, 0.2) is 0 Å². The summed E-state index contributed by atoms with van der Waals surface area (Å²) >= 11 is 6.01. The first kappa shape index (κ1) is 16.3. The largest absolute Gasteiger partial charge is 0.480 e. The lowest BCUT2D eigenvalue weighted by Gasteiger charge is -2.23. The van der Waals surface area contributed by atoms with Gasteiger partial charge in [-0.2, -0.15) is 0 Å². The van der Waals surface area contributed by atoms with Gasteiger partial charge in [-0.05, 0) is 30.5 Å². The maximum absolute atomic E-state index is 12.1. The third-order valence-corrected chi connectivity index (χ3v) is 2.89. The quantitative estimate of drug-likeness (QED) is 0.877. The van der Waals surface area contributed by atoms with Crippen LogP contribution in [0.4, 0.5) is 10.5 Å². The highest BCUT2D eigenvalue weighted by Crippen LogP contribution is 2.23. The van der Waals surface area contributed by atoms with Gasteiger partial charge in [-0.15, -0.1) is 0 Å². The average molecular weight is 299 g/mol.